The Morgan fingerprint density at radius 3 is 1.71 bits per heavy atom. The lowest BCUT2D eigenvalue weighted by Gasteiger charge is -2.40. The summed E-state index contributed by atoms with van der Waals surface area (Å²) in [6.07, 6.45) is -4.85. The van der Waals surface area contributed by atoms with E-state index in [-0.39, 0.29) is 0 Å². The maximum absolute atomic E-state index is 12.5. The van der Waals surface area contributed by atoms with Crippen molar-refractivity contribution in [3.8, 4) is 0 Å². The van der Waals surface area contributed by atoms with E-state index in [1.165, 1.54) is 27.7 Å². The molecule has 0 aromatic heterocycles. The van der Waals surface area contributed by atoms with E-state index in [4.69, 9.17) is 5.73 Å². The standard InChI is InChI=1S/C10H19F3N2O2/c1-7(2,8(3,4)17)15-6(16)9(5,14)10(11,12)13/h17H,14H2,1-5H3,(H,15,16). The van der Waals surface area contributed by atoms with E-state index in [1.54, 1.807) is 0 Å². The molecule has 0 radical (unpaired) electrons. The highest BCUT2D eigenvalue weighted by Crippen LogP contribution is 2.29. The summed E-state index contributed by atoms with van der Waals surface area (Å²) in [5, 5.41) is 11.8. The summed E-state index contributed by atoms with van der Waals surface area (Å²) < 4.78 is 37.5. The molecule has 0 aromatic carbocycles. The first kappa shape index (κ1) is 16.2. The fourth-order valence-corrected chi connectivity index (χ4v) is 0.695. The molecule has 0 saturated heterocycles. The highest BCUT2D eigenvalue weighted by Gasteiger charge is 2.55. The topological polar surface area (TPSA) is 75.3 Å². The Labute approximate surface area is 98.4 Å². The van der Waals surface area contributed by atoms with Gasteiger partial charge in [-0.3, -0.25) is 4.79 Å². The van der Waals surface area contributed by atoms with Gasteiger partial charge in [-0.2, -0.15) is 13.2 Å². The van der Waals surface area contributed by atoms with Crippen molar-refractivity contribution >= 4 is 5.91 Å². The Balaban J connectivity index is 5.02. The van der Waals surface area contributed by atoms with Gasteiger partial charge in [0.25, 0.3) is 0 Å². The van der Waals surface area contributed by atoms with Crippen LogP contribution in [0, 0.1) is 0 Å². The average Bonchev–Trinajstić information content (AvgIpc) is 1.98. The fourth-order valence-electron chi connectivity index (χ4n) is 0.695. The number of alkyl halides is 3. The van der Waals surface area contributed by atoms with Crippen molar-refractivity contribution in [2.45, 2.75) is 57.5 Å². The van der Waals surface area contributed by atoms with Crippen LogP contribution in [-0.4, -0.2) is 33.9 Å². The van der Waals surface area contributed by atoms with Crippen LogP contribution >= 0.6 is 0 Å². The molecule has 4 N–H and O–H groups in total. The second kappa shape index (κ2) is 4.13. The third-order valence-corrected chi connectivity index (χ3v) is 3.02. The zero-order valence-corrected chi connectivity index (χ0v) is 10.6. The van der Waals surface area contributed by atoms with Crippen LogP contribution in [0.1, 0.15) is 34.6 Å². The van der Waals surface area contributed by atoms with Gasteiger partial charge in [-0.25, -0.2) is 0 Å². The van der Waals surface area contributed by atoms with E-state index >= 15 is 0 Å². The van der Waals surface area contributed by atoms with E-state index in [2.05, 4.69) is 5.32 Å². The number of carbonyl (C=O) groups excluding carboxylic acids is 1. The number of hydrogen-bond donors (Lipinski definition) is 3. The third-order valence-electron chi connectivity index (χ3n) is 3.02. The summed E-state index contributed by atoms with van der Waals surface area (Å²) in [7, 11) is 0. The predicted octanol–water partition coefficient (Wildman–Crippen LogP) is 0.932. The first-order chi connectivity index (χ1) is 7.13. The molecule has 0 heterocycles. The molecular weight excluding hydrogens is 237 g/mol. The third kappa shape index (κ3) is 3.32. The molecule has 0 saturated carbocycles. The van der Waals surface area contributed by atoms with Gasteiger partial charge in [-0.15, -0.1) is 0 Å². The molecule has 0 spiro atoms. The Morgan fingerprint density at radius 2 is 1.47 bits per heavy atom. The highest BCUT2D eigenvalue weighted by molar-refractivity contribution is 5.87. The Hall–Kier alpha value is -0.820. The lowest BCUT2D eigenvalue weighted by atomic mass is 9.85. The minimum atomic E-state index is -4.85. The zero-order valence-electron chi connectivity index (χ0n) is 10.6. The van der Waals surface area contributed by atoms with Crippen molar-refractivity contribution in [3.63, 3.8) is 0 Å². The van der Waals surface area contributed by atoms with Gasteiger partial charge in [0, 0.05) is 0 Å². The van der Waals surface area contributed by atoms with Crippen molar-refractivity contribution in [1.82, 2.24) is 5.32 Å². The van der Waals surface area contributed by atoms with E-state index in [9.17, 15) is 23.1 Å². The second-order valence-electron chi connectivity index (χ2n) is 5.34. The largest absolute Gasteiger partial charge is 0.415 e. The molecule has 1 unspecified atom stereocenters. The van der Waals surface area contributed by atoms with Crippen molar-refractivity contribution in [2.75, 3.05) is 0 Å². The first-order valence-electron chi connectivity index (χ1n) is 5.03. The lowest BCUT2D eigenvalue weighted by molar-refractivity contribution is -0.189. The van der Waals surface area contributed by atoms with Gasteiger partial charge < -0.3 is 16.2 Å². The van der Waals surface area contributed by atoms with E-state index < -0.39 is 28.8 Å². The van der Waals surface area contributed by atoms with Crippen LogP contribution in [-0.2, 0) is 4.79 Å². The number of halogens is 3. The molecular formula is C10H19F3N2O2. The summed E-state index contributed by atoms with van der Waals surface area (Å²) in [6.45, 7) is 6.18. The zero-order chi connectivity index (χ0) is 14.3. The maximum atomic E-state index is 12.5. The first-order valence-corrected chi connectivity index (χ1v) is 5.03. The van der Waals surface area contributed by atoms with E-state index in [1.807, 2.05) is 0 Å². The molecule has 17 heavy (non-hydrogen) atoms. The van der Waals surface area contributed by atoms with Crippen LogP contribution in [0.15, 0.2) is 0 Å². The molecule has 0 fully saturated rings. The minimum Gasteiger partial charge on any atom is -0.388 e. The minimum absolute atomic E-state index is 0.586. The van der Waals surface area contributed by atoms with E-state index in [0.717, 1.165) is 0 Å². The number of nitrogens with one attached hydrogen (secondary N) is 1. The van der Waals surface area contributed by atoms with Crippen molar-refractivity contribution in [1.29, 1.82) is 0 Å². The Kier molecular flexibility index (Phi) is 3.93. The molecule has 0 bridgehead atoms. The molecule has 7 heteroatoms. The van der Waals surface area contributed by atoms with Gasteiger partial charge >= 0.3 is 6.18 Å². The van der Waals surface area contributed by atoms with Gasteiger partial charge in [-0.1, -0.05) is 0 Å². The van der Waals surface area contributed by atoms with Crippen LogP contribution in [0.25, 0.3) is 0 Å². The van der Waals surface area contributed by atoms with Crippen LogP contribution in [0.5, 0.6) is 0 Å². The highest BCUT2D eigenvalue weighted by atomic mass is 19.4. The molecule has 102 valence electrons. The van der Waals surface area contributed by atoms with Gasteiger partial charge in [-0.05, 0) is 34.6 Å². The lowest BCUT2D eigenvalue weighted by Crippen LogP contribution is -2.67. The Morgan fingerprint density at radius 1 is 1.12 bits per heavy atom. The van der Waals surface area contributed by atoms with Crippen molar-refractivity contribution < 1.29 is 23.1 Å². The number of rotatable bonds is 3. The van der Waals surface area contributed by atoms with Gasteiger partial charge in [0.2, 0.25) is 5.91 Å². The number of nitrogens with two attached hydrogens (primary N) is 1. The summed E-state index contributed by atoms with van der Waals surface area (Å²) in [5.41, 5.74) is -0.646. The molecule has 4 nitrogen and oxygen atoms in total. The molecule has 1 amide bonds. The van der Waals surface area contributed by atoms with Gasteiger partial charge in [0.15, 0.2) is 5.54 Å². The quantitative estimate of drug-likeness (QED) is 0.703. The number of hydrogen-bond acceptors (Lipinski definition) is 3. The van der Waals surface area contributed by atoms with Crippen molar-refractivity contribution in [2.24, 2.45) is 5.73 Å². The molecule has 0 aromatic rings. The van der Waals surface area contributed by atoms with Crippen LogP contribution < -0.4 is 11.1 Å². The summed E-state index contributed by atoms with van der Waals surface area (Å²) in [4.78, 5) is 11.5. The average molecular weight is 256 g/mol. The van der Waals surface area contributed by atoms with Crippen LogP contribution in [0.3, 0.4) is 0 Å². The molecule has 0 aliphatic rings. The van der Waals surface area contributed by atoms with Gasteiger partial charge in [0.05, 0.1) is 11.1 Å². The molecule has 1 atom stereocenters. The Bertz CT molecular complexity index is 304. The van der Waals surface area contributed by atoms with Crippen LogP contribution in [0.2, 0.25) is 0 Å². The molecule has 0 aliphatic carbocycles. The summed E-state index contributed by atoms with van der Waals surface area (Å²) in [5.74, 6) is -1.38. The van der Waals surface area contributed by atoms with E-state index in [0.29, 0.717) is 6.92 Å². The summed E-state index contributed by atoms with van der Waals surface area (Å²) in [6, 6.07) is 0. The smallest absolute Gasteiger partial charge is 0.388 e. The van der Waals surface area contributed by atoms with Crippen LogP contribution in [0.4, 0.5) is 13.2 Å². The normalized spacial score (nSPS) is 17.5. The van der Waals surface area contributed by atoms with Gasteiger partial charge in [0.1, 0.15) is 0 Å². The van der Waals surface area contributed by atoms with Crippen molar-refractivity contribution in [3.05, 3.63) is 0 Å². The number of aliphatic hydroxyl groups is 1. The molecule has 0 rings (SSSR count). The number of carbonyl (C=O) groups is 1. The monoisotopic (exact) mass is 256 g/mol. The predicted molar refractivity (Wildman–Crippen MR) is 57.2 cm³/mol. The second-order valence-corrected chi connectivity index (χ2v) is 5.34. The number of amides is 1. The maximum Gasteiger partial charge on any atom is 0.415 e. The SMILES string of the molecule is CC(C)(O)C(C)(C)NC(=O)C(C)(N)C(F)(F)F. The molecule has 0 aliphatic heterocycles. The summed E-state index contributed by atoms with van der Waals surface area (Å²) >= 11 is 0. The fraction of sp³-hybridized carbons (Fsp3) is 0.900.